The maximum atomic E-state index is 15.0. The summed E-state index contributed by atoms with van der Waals surface area (Å²) in [5.74, 6) is -2.03. The molecule has 3 aromatic heterocycles. The Hall–Kier alpha value is -3.99. The molecule has 206 valence electrons. The molecule has 0 fully saturated rings. The maximum Gasteiger partial charge on any atom is 0.511 e. The summed E-state index contributed by atoms with van der Waals surface area (Å²) in [7, 11) is -5.54. The molecule has 0 bridgehead atoms. The molecule has 1 amide bonds. The van der Waals surface area contributed by atoms with Crippen molar-refractivity contribution in [3.8, 4) is 11.4 Å². The number of fused-ring (bicyclic) bond motifs is 2. The van der Waals surface area contributed by atoms with Crippen molar-refractivity contribution < 1.29 is 35.2 Å². The van der Waals surface area contributed by atoms with Gasteiger partial charge in [0, 0.05) is 13.1 Å². The first-order valence-electron chi connectivity index (χ1n) is 11.5. The minimum Gasteiger partial charge on any atom is -0.347 e. The molecule has 0 unspecified atom stereocenters. The quantitative estimate of drug-likeness (QED) is 0.353. The summed E-state index contributed by atoms with van der Waals surface area (Å²) < 4.78 is 93.5. The summed E-state index contributed by atoms with van der Waals surface area (Å²) in [6.45, 7) is 0.368. The van der Waals surface area contributed by atoms with Gasteiger partial charge in [0.1, 0.15) is 17.3 Å². The molecule has 1 aliphatic heterocycles. The average molecular weight is 571 g/mol. The average Bonchev–Trinajstić information content (AvgIpc) is 3.47. The van der Waals surface area contributed by atoms with Gasteiger partial charge in [-0.05, 0) is 24.1 Å². The van der Waals surface area contributed by atoms with Gasteiger partial charge < -0.3 is 5.32 Å². The van der Waals surface area contributed by atoms with Crippen LogP contribution in [-0.4, -0.2) is 59.8 Å². The predicted octanol–water partition coefficient (Wildman–Crippen LogP) is 2.42. The van der Waals surface area contributed by atoms with Crippen molar-refractivity contribution in [1.82, 2.24) is 38.8 Å². The Morgan fingerprint density at radius 2 is 1.92 bits per heavy atom. The zero-order valence-corrected chi connectivity index (χ0v) is 20.9. The van der Waals surface area contributed by atoms with Crippen LogP contribution in [-0.2, 0) is 36.1 Å². The molecule has 1 aromatic carbocycles. The van der Waals surface area contributed by atoms with Crippen molar-refractivity contribution in [3.63, 3.8) is 0 Å². The first kappa shape index (κ1) is 26.6. The normalized spacial score (nSPS) is 14.5. The van der Waals surface area contributed by atoms with Gasteiger partial charge >= 0.3 is 15.5 Å². The lowest BCUT2D eigenvalue weighted by Crippen LogP contribution is -2.44. The van der Waals surface area contributed by atoms with E-state index in [-0.39, 0.29) is 46.1 Å². The monoisotopic (exact) mass is 570 g/mol. The van der Waals surface area contributed by atoms with Crippen molar-refractivity contribution in [2.45, 2.75) is 38.5 Å². The number of imidazole rings is 1. The van der Waals surface area contributed by atoms with E-state index in [1.165, 1.54) is 21.2 Å². The molecule has 1 aliphatic rings. The molecule has 4 aromatic rings. The van der Waals surface area contributed by atoms with E-state index in [1.54, 1.807) is 6.92 Å². The van der Waals surface area contributed by atoms with Gasteiger partial charge in [-0.25, -0.2) is 36.8 Å². The van der Waals surface area contributed by atoms with E-state index in [0.29, 0.717) is 17.7 Å². The number of halogens is 5. The second kappa shape index (κ2) is 9.64. The van der Waals surface area contributed by atoms with Crippen LogP contribution in [0, 0.1) is 11.6 Å². The maximum absolute atomic E-state index is 15.0. The van der Waals surface area contributed by atoms with Gasteiger partial charge in [0.25, 0.3) is 5.91 Å². The van der Waals surface area contributed by atoms with E-state index in [9.17, 15) is 35.2 Å². The van der Waals surface area contributed by atoms with Crippen LogP contribution in [0.15, 0.2) is 30.6 Å². The minimum absolute atomic E-state index is 0.0613. The summed E-state index contributed by atoms with van der Waals surface area (Å²) in [4.78, 5) is 25.0. The van der Waals surface area contributed by atoms with E-state index in [4.69, 9.17) is 0 Å². The molecule has 5 rings (SSSR count). The number of nitrogens with one attached hydrogen (secondary N) is 1. The van der Waals surface area contributed by atoms with E-state index in [0.717, 1.165) is 18.5 Å². The molecule has 17 heteroatoms. The summed E-state index contributed by atoms with van der Waals surface area (Å²) in [5, 5.41) is 6.74. The number of aryl methyl sites for hydroxylation is 1. The third-order valence-corrected chi connectivity index (χ3v) is 7.63. The van der Waals surface area contributed by atoms with Crippen molar-refractivity contribution in [2.24, 2.45) is 0 Å². The van der Waals surface area contributed by atoms with E-state index < -0.39 is 46.2 Å². The van der Waals surface area contributed by atoms with Crippen molar-refractivity contribution in [1.29, 1.82) is 0 Å². The van der Waals surface area contributed by atoms with Gasteiger partial charge in [-0.3, -0.25) is 9.20 Å². The van der Waals surface area contributed by atoms with Crippen LogP contribution in [0.4, 0.5) is 22.0 Å². The molecular formula is C22H19F5N8O3S. The van der Waals surface area contributed by atoms with Crippen LogP contribution in [0.1, 0.15) is 34.5 Å². The summed E-state index contributed by atoms with van der Waals surface area (Å²) in [6, 6.07) is 3.97. The van der Waals surface area contributed by atoms with Crippen LogP contribution in [0.2, 0.25) is 0 Å². The lowest BCUT2D eigenvalue weighted by Gasteiger charge is -2.26. The predicted molar refractivity (Wildman–Crippen MR) is 124 cm³/mol. The number of alkyl halides is 3. The molecule has 1 N–H and O–H groups in total. The van der Waals surface area contributed by atoms with Crippen molar-refractivity contribution in [3.05, 3.63) is 65.0 Å². The second-order valence-corrected chi connectivity index (χ2v) is 10.5. The third-order valence-electron chi connectivity index (χ3n) is 6.06. The third kappa shape index (κ3) is 4.82. The Bertz CT molecular complexity index is 1700. The van der Waals surface area contributed by atoms with Crippen LogP contribution in [0.3, 0.4) is 0 Å². The number of hydrogen-bond acceptors (Lipinski definition) is 7. The Kier molecular flexibility index (Phi) is 6.58. The highest BCUT2D eigenvalue weighted by Crippen LogP contribution is 2.30. The van der Waals surface area contributed by atoms with Gasteiger partial charge in [0.05, 0.1) is 36.7 Å². The number of benzene rings is 1. The lowest BCUT2D eigenvalue weighted by molar-refractivity contribution is -0.0496. The van der Waals surface area contributed by atoms with Crippen molar-refractivity contribution >= 4 is 21.7 Å². The zero-order valence-electron chi connectivity index (χ0n) is 20.1. The number of amides is 1. The number of carbonyl (C=O) groups excluding carboxylic acids is 1. The van der Waals surface area contributed by atoms with Crippen LogP contribution < -0.4 is 5.32 Å². The fourth-order valence-electron chi connectivity index (χ4n) is 4.14. The topological polar surface area (TPSA) is 127 Å². The molecule has 0 atom stereocenters. The van der Waals surface area contributed by atoms with Gasteiger partial charge in [-0.2, -0.15) is 22.6 Å². The molecule has 0 radical (unpaired) electrons. The number of carbonyl (C=O) groups is 1. The largest absolute Gasteiger partial charge is 0.511 e. The molecule has 0 spiro atoms. The number of hydrogen-bond donors (Lipinski definition) is 1. The summed E-state index contributed by atoms with van der Waals surface area (Å²) >= 11 is 0. The van der Waals surface area contributed by atoms with E-state index >= 15 is 0 Å². The van der Waals surface area contributed by atoms with E-state index in [2.05, 4.69) is 25.4 Å². The molecule has 39 heavy (non-hydrogen) atoms. The first-order chi connectivity index (χ1) is 18.4. The van der Waals surface area contributed by atoms with Crippen LogP contribution in [0.25, 0.3) is 17.2 Å². The number of sulfonamides is 1. The van der Waals surface area contributed by atoms with Gasteiger partial charge in [0.2, 0.25) is 5.78 Å². The van der Waals surface area contributed by atoms with Crippen molar-refractivity contribution in [2.75, 3.05) is 6.54 Å². The molecule has 0 aliphatic carbocycles. The Morgan fingerprint density at radius 1 is 1.15 bits per heavy atom. The Balaban J connectivity index is 1.32. The Labute approximate surface area is 217 Å². The summed E-state index contributed by atoms with van der Waals surface area (Å²) in [6.07, 6.45) is 2.46. The summed E-state index contributed by atoms with van der Waals surface area (Å²) in [5.41, 5.74) is -4.64. The SMILES string of the molecule is CCc1nc2ncc(F)cn2c1C(=O)NCc1ccc(-c2nc3n(n2)CCN(S(=O)(=O)C(F)(F)F)C3)c(F)c1. The van der Waals surface area contributed by atoms with E-state index in [1.807, 2.05) is 0 Å². The molecular weight excluding hydrogens is 551 g/mol. The lowest BCUT2D eigenvalue weighted by atomic mass is 10.1. The standard InChI is InChI=1S/C22H19F5N8O3S/c1-2-16-18(34-10-13(23)9-29-21(34)30-16)20(36)28-8-12-3-4-14(15(24)7-12)19-31-17-11-33(5-6-35(17)32-19)39(37,38)22(25,26)27/h3-4,7,9-10H,2,5-6,8,11H2,1H3,(H,28,36). The molecule has 0 saturated heterocycles. The second-order valence-electron chi connectivity index (χ2n) is 8.56. The fourth-order valence-corrected chi connectivity index (χ4v) is 5.04. The number of nitrogens with zero attached hydrogens (tertiary/aromatic N) is 7. The highest BCUT2D eigenvalue weighted by molar-refractivity contribution is 7.89. The highest BCUT2D eigenvalue weighted by atomic mass is 32.2. The molecule has 0 saturated carbocycles. The fraction of sp³-hybridized carbons (Fsp3) is 0.318. The van der Waals surface area contributed by atoms with Crippen LogP contribution in [0.5, 0.6) is 0 Å². The number of aromatic nitrogens is 6. The first-order valence-corrected chi connectivity index (χ1v) is 12.9. The minimum atomic E-state index is -5.54. The highest BCUT2D eigenvalue weighted by Gasteiger charge is 2.50. The van der Waals surface area contributed by atoms with Crippen LogP contribution >= 0.6 is 0 Å². The molecule has 4 heterocycles. The van der Waals surface area contributed by atoms with Gasteiger partial charge in [0.15, 0.2) is 11.6 Å². The Morgan fingerprint density at radius 3 is 2.62 bits per heavy atom. The number of rotatable bonds is 6. The smallest absolute Gasteiger partial charge is 0.347 e. The van der Waals surface area contributed by atoms with Gasteiger partial charge in [-0.1, -0.05) is 13.0 Å². The van der Waals surface area contributed by atoms with Gasteiger partial charge in [-0.15, -0.1) is 0 Å². The molecule has 11 nitrogen and oxygen atoms in total. The zero-order chi connectivity index (χ0) is 28.1.